The largest absolute Gasteiger partial charge is 0.381 e. The van der Waals surface area contributed by atoms with Crippen molar-refractivity contribution in [1.82, 2.24) is 19.3 Å². The summed E-state index contributed by atoms with van der Waals surface area (Å²) < 4.78 is 22.7. The molecule has 31 heavy (non-hydrogen) atoms. The highest BCUT2D eigenvalue weighted by molar-refractivity contribution is 5.97. The average molecular weight is 423 g/mol. The zero-order valence-electron chi connectivity index (χ0n) is 18.4. The molecule has 0 N–H and O–H groups in total. The Morgan fingerprint density at radius 3 is 2.48 bits per heavy atom. The fourth-order valence-corrected chi connectivity index (χ4v) is 4.37. The first-order chi connectivity index (χ1) is 15.0. The van der Waals surface area contributed by atoms with Crippen LogP contribution in [0.2, 0.25) is 0 Å². The maximum atomic E-state index is 13.6. The van der Waals surface area contributed by atoms with Gasteiger partial charge in [0.2, 0.25) is 5.91 Å². The van der Waals surface area contributed by atoms with E-state index in [1.165, 1.54) is 29.4 Å². The second kappa shape index (κ2) is 8.59. The normalized spacial score (nSPS) is 14.6. The molecule has 0 bridgehead atoms. The van der Waals surface area contributed by atoms with Gasteiger partial charge in [0, 0.05) is 42.8 Å². The summed E-state index contributed by atoms with van der Waals surface area (Å²) in [6.07, 6.45) is 3.47. The lowest BCUT2D eigenvalue weighted by Crippen LogP contribution is -2.17. The molecule has 0 unspecified atom stereocenters. The molecular weight excluding hydrogens is 395 g/mol. The van der Waals surface area contributed by atoms with Gasteiger partial charge in [-0.1, -0.05) is 13.8 Å². The van der Waals surface area contributed by atoms with E-state index < -0.39 is 0 Å². The van der Waals surface area contributed by atoms with E-state index in [1.807, 2.05) is 19.9 Å². The van der Waals surface area contributed by atoms with Crippen LogP contribution in [-0.4, -0.2) is 38.5 Å². The molecule has 3 aromatic heterocycles. The number of carbonyl (C=O) groups is 1. The molecule has 7 heteroatoms. The SMILES string of the molecule is CC.CC(=O)n1ncc2nc3c(cc21)c(C)c(C1CCOCC1)n3-c1ccc(F)cc1. The van der Waals surface area contributed by atoms with Gasteiger partial charge in [-0.25, -0.2) is 9.37 Å². The number of aromatic nitrogens is 4. The summed E-state index contributed by atoms with van der Waals surface area (Å²) in [6, 6.07) is 8.49. The summed E-state index contributed by atoms with van der Waals surface area (Å²) in [5.74, 6) is -0.0931. The fraction of sp³-hybridized carbons (Fsp3) is 0.375. The lowest BCUT2D eigenvalue weighted by molar-refractivity contribution is 0.0841. The number of aryl methyl sites for hydroxylation is 1. The third kappa shape index (κ3) is 3.63. The van der Waals surface area contributed by atoms with Crippen LogP contribution in [0, 0.1) is 12.7 Å². The first kappa shape index (κ1) is 21.2. The van der Waals surface area contributed by atoms with E-state index in [0.29, 0.717) is 17.0 Å². The van der Waals surface area contributed by atoms with Crippen LogP contribution in [0.1, 0.15) is 55.6 Å². The van der Waals surface area contributed by atoms with Crippen LogP contribution in [0.4, 0.5) is 4.39 Å². The molecule has 6 nitrogen and oxygen atoms in total. The highest BCUT2D eigenvalue weighted by Gasteiger charge is 2.26. The molecule has 0 radical (unpaired) electrons. The highest BCUT2D eigenvalue weighted by Crippen LogP contribution is 2.38. The van der Waals surface area contributed by atoms with Crippen LogP contribution in [0.5, 0.6) is 0 Å². The van der Waals surface area contributed by atoms with Crippen LogP contribution in [0.25, 0.3) is 27.8 Å². The minimum atomic E-state index is -0.271. The predicted octanol–water partition coefficient (Wildman–Crippen LogP) is 5.40. The number of hydrogen-bond acceptors (Lipinski definition) is 4. The summed E-state index contributed by atoms with van der Waals surface area (Å²) in [5, 5.41) is 5.16. The van der Waals surface area contributed by atoms with E-state index in [4.69, 9.17) is 9.72 Å². The highest BCUT2D eigenvalue weighted by atomic mass is 19.1. The molecule has 1 fully saturated rings. The van der Waals surface area contributed by atoms with E-state index in [0.717, 1.165) is 48.3 Å². The molecule has 5 rings (SSSR count). The lowest BCUT2D eigenvalue weighted by Gasteiger charge is -2.25. The van der Waals surface area contributed by atoms with Gasteiger partial charge in [0.05, 0.1) is 11.7 Å². The molecular formula is C24H27FN4O2. The summed E-state index contributed by atoms with van der Waals surface area (Å²) in [7, 11) is 0. The molecule has 0 aliphatic carbocycles. The number of nitrogens with zero attached hydrogens (tertiary/aromatic N) is 4. The lowest BCUT2D eigenvalue weighted by atomic mass is 9.93. The smallest absolute Gasteiger partial charge is 0.244 e. The van der Waals surface area contributed by atoms with Gasteiger partial charge in [0.15, 0.2) is 0 Å². The van der Waals surface area contributed by atoms with Gasteiger partial charge >= 0.3 is 0 Å². The second-order valence-corrected chi connectivity index (χ2v) is 7.55. The minimum absolute atomic E-state index is 0.151. The molecule has 0 atom stereocenters. The van der Waals surface area contributed by atoms with Crippen LogP contribution in [0.15, 0.2) is 36.5 Å². The zero-order valence-corrected chi connectivity index (χ0v) is 18.4. The van der Waals surface area contributed by atoms with Crippen LogP contribution in [0.3, 0.4) is 0 Å². The Balaban J connectivity index is 0.00000112. The number of fused-ring (bicyclic) bond motifs is 2. The molecule has 1 aromatic carbocycles. The van der Waals surface area contributed by atoms with Gasteiger partial charge in [-0.05, 0) is 55.7 Å². The summed E-state index contributed by atoms with van der Waals surface area (Å²) in [4.78, 5) is 16.8. The second-order valence-electron chi connectivity index (χ2n) is 7.55. The molecule has 1 aliphatic rings. The van der Waals surface area contributed by atoms with Crippen molar-refractivity contribution in [2.24, 2.45) is 0 Å². The Kier molecular flexibility index (Phi) is 5.87. The monoisotopic (exact) mass is 422 g/mol. The number of rotatable bonds is 2. The average Bonchev–Trinajstić information content (AvgIpc) is 3.34. The minimum Gasteiger partial charge on any atom is -0.381 e. The van der Waals surface area contributed by atoms with Gasteiger partial charge in [-0.15, -0.1) is 0 Å². The number of pyridine rings is 1. The fourth-order valence-electron chi connectivity index (χ4n) is 4.37. The first-order valence-electron chi connectivity index (χ1n) is 10.8. The molecule has 0 amide bonds. The van der Waals surface area contributed by atoms with Gasteiger partial charge < -0.3 is 4.74 Å². The number of halogens is 1. The van der Waals surface area contributed by atoms with Crippen molar-refractivity contribution >= 4 is 28.0 Å². The van der Waals surface area contributed by atoms with Crippen molar-refractivity contribution in [2.45, 2.75) is 46.5 Å². The van der Waals surface area contributed by atoms with Crippen LogP contribution < -0.4 is 0 Å². The van der Waals surface area contributed by atoms with Crippen molar-refractivity contribution in [3.63, 3.8) is 0 Å². The number of benzene rings is 1. The molecule has 0 spiro atoms. The van der Waals surface area contributed by atoms with Crippen molar-refractivity contribution in [3.05, 3.63) is 53.6 Å². The van der Waals surface area contributed by atoms with Gasteiger partial charge in [-0.3, -0.25) is 9.36 Å². The van der Waals surface area contributed by atoms with Gasteiger partial charge in [-0.2, -0.15) is 9.78 Å². The molecule has 4 aromatic rings. The Hall–Kier alpha value is -3.06. The summed E-state index contributed by atoms with van der Waals surface area (Å²) >= 11 is 0. The zero-order chi connectivity index (χ0) is 22.1. The van der Waals surface area contributed by atoms with E-state index in [9.17, 15) is 9.18 Å². The van der Waals surface area contributed by atoms with Crippen LogP contribution in [-0.2, 0) is 4.74 Å². The third-order valence-electron chi connectivity index (χ3n) is 5.77. The Bertz CT molecular complexity index is 1230. The Morgan fingerprint density at radius 2 is 1.84 bits per heavy atom. The van der Waals surface area contributed by atoms with Crippen molar-refractivity contribution in [3.8, 4) is 5.69 Å². The molecule has 0 saturated carbocycles. The molecule has 162 valence electrons. The summed E-state index contributed by atoms with van der Waals surface area (Å²) in [6.45, 7) is 9.03. The number of carbonyl (C=O) groups excluding carboxylic acids is 1. The molecule has 1 saturated heterocycles. The van der Waals surface area contributed by atoms with E-state index in [2.05, 4.69) is 16.6 Å². The number of hydrogen-bond donors (Lipinski definition) is 0. The standard InChI is InChI=1S/C22H21FN4O2.C2H6/c1-13-18-11-20-19(12-24-27(20)14(2)28)25-22(18)26(17-5-3-16(23)4-6-17)21(13)15-7-9-29-10-8-15;1-2/h3-6,11-12,15H,7-10H2,1-2H3;1-2H3. The Morgan fingerprint density at radius 1 is 1.16 bits per heavy atom. The first-order valence-corrected chi connectivity index (χ1v) is 10.8. The quantitative estimate of drug-likeness (QED) is 0.434. The van der Waals surface area contributed by atoms with Crippen molar-refractivity contribution < 1.29 is 13.9 Å². The molecule has 4 heterocycles. The van der Waals surface area contributed by atoms with Gasteiger partial charge in [0.1, 0.15) is 17.0 Å². The van der Waals surface area contributed by atoms with E-state index >= 15 is 0 Å². The topological polar surface area (TPSA) is 61.9 Å². The maximum absolute atomic E-state index is 13.6. The molecule has 1 aliphatic heterocycles. The third-order valence-corrected chi connectivity index (χ3v) is 5.77. The van der Waals surface area contributed by atoms with E-state index in [-0.39, 0.29) is 11.7 Å². The predicted molar refractivity (Wildman–Crippen MR) is 119 cm³/mol. The van der Waals surface area contributed by atoms with Crippen LogP contribution >= 0.6 is 0 Å². The van der Waals surface area contributed by atoms with Gasteiger partial charge in [0.25, 0.3) is 0 Å². The van der Waals surface area contributed by atoms with Crippen molar-refractivity contribution in [2.75, 3.05) is 13.2 Å². The Labute approximate surface area is 180 Å². The van der Waals surface area contributed by atoms with Crippen molar-refractivity contribution in [1.29, 1.82) is 0 Å². The number of ether oxygens (including phenoxy) is 1. The van der Waals surface area contributed by atoms with E-state index in [1.54, 1.807) is 18.3 Å². The summed E-state index contributed by atoms with van der Waals surface area (Å²) in [5.41, 5.74) is 5.33. The maximum Gasteiger partial charge on any atom is 0.244 e.